The molecule has 6 nitrogen and oxygen atoms in total. The predicted octanol–water partition coefficient (Wildman–Crippen LogP) is 2.68. The Morgan fingerprint density at radius 3 is 2.56 bits per heavy atom. The second-order valence-electron chi connectivity index (χ2n) is 5.29. The lowest BCUT2D eigenvalue weighted by molar-refractivity contribution is -0.141. The topological polar surface area (TPSA) is 102 Å². The number of aryl methyl sites for hydroxylation is 2. The third-order valence-electron chi connectivity index (χ3n) is 3.33. The number of anilines is 1. The largest absolute Gasteiger partial charge is 0.480 e. The number of benzene rings is 1. The highest BCUT2D eigenvalue weighted by molar-refractivity contribution is 7.99. The molecule has 0 saturated heterocycles. The van der Waals surface area contributed by atoms with Crippen LogP contribution < -0.4 is 11.1 Å². The van der Waals surface area contributed by atoms with Gasteiger partial charge >= 0.3 is 11.9 Å². The molecular formula is C18H30N2O4S. The van der Waals surface area contributed by atoms with Crippen LogP contribution >= 0.6 is 11.8 Å². The van der Waals surface area contributed by atoms with Crippen LogP contribution in [0.15, 0.2) is 18.2 Å². The van der Waals surface area contributed by atoms with Gasteiger partial charge in [0.25, 0.3) is 0 Å². The second kappa shape index (κ2) is 13.5. The number of rotatable bonds is 9. The van der Waals surface area contributed by atoms with Crippen LogP contribution in [-0.4, -0.2) is 47.7 Å². The van der Waals surface area contributed by atoms with Crippen molar-refractivity contribution in [1.82, 2.24) is 0 Å². The van der Waals surface area contributed by atoms with Crippen LogP contribution in [0.3, 0.4) is 0 Å². The molecule has 7 heteroatoms. The third kappa shape index (κ3) is 9.99. The van der Waals surface area contributed by atoms with Gasteiger partial charge in [-0.1, -0.05) is 32.0 Å². The zero-order valence-electron chi connectivity index (χ0n) is 15.5. The monoisotopic (exact) mass is 370 g/mol. The lowest BCUT2D eigenvalue weighted by atomic mass is 10.1. The molecule has 1 aromatic rings. The lowest BCUT2D eigenvalue weighted by Crippen LogP contribution is -2.26. The molecule has 0 aliphatic carbocycles. The zero-order valence-corrected chi connectivity index (χ0v) is 16.3. The molecular weight excluding hydrogens is 340 g/mol. The number of aliphatic carboxylic acids is 1. The van der Waals surface area contributed by atoms with Crippen LogP contribution in [0, 0.1) is 6.92 Å². The summed E-state index contributed by atoms with van der Waals surface area (Å²) in [7, 11) is 0. The molecule has 0 aliphatic heterocycles. The number of carboxylic acid groups (broad SMARTS) is 1. The highest BCUT2D eigenvalue weighted by atomic mass is 32.2. The Labute approximate surface area is 154 Å². The third-order valence-corrected chi connectivity index (χ3v) is 4.20. The van der Waals surface area contributed by atoms with Gasteiger partial charge in [-0.2, -0.15) is 11.8 Å². The van der Waals surface area contributed by atoms with Gasteiger partial charge in [0, 0.05) is 11.4 Å². The second-order valence-corrected chi connectivity index (χ2v) is 6.68. The fourth-order valence-corrected chi connectivity index (χ4v) is 2.42. The summed E-state index contributed by atoms with van der Waals surface area (Å²) in [6.45, 7) is 8.22. The fourth-order valence-electron chi connectivity index (χ4n) is 1.93. The minimum Gasteiger partial charge on any atom is -0.480 e. The van der Waals surface area contributed by atoms with E-state index in [9.17, 15) is 9.59 Å². The average Bonchev–Trinajstić information content (AvgIpc) is 2.60. The van der Waals surface area contributed by atoms with Crippen molar-refractivity contribution in [1.29, 1.82) is 0 Å². The Kier molecular flexibility index (Phi) is 12.6. The first-order valence-corrected chi connectivity index (χ1v) is 9.53. The summed E-state index contributed by atoms with van der Waals surface area (Å²) in [6.07, 6.45) is 0.899. The van der Waals surface area contributed by atoms with E-state index in [0.717, 1.165) is 34.7 Å². The van der Waals surface area contributed by atoms with E-state index in [2.05, 4.69) is 19.2 Å². The predicted molar refractivity (Wildman–Crippen MR) is 104 cm³/mol. The van der Waals surface area contributed by atoms with Crippen molar-refractivity contribution in [3.05, 3.63) is 29.3 Å². The van der Waals surface area contributed by atoms with Gasteiger partial charge in [-0.15, -0.1) is 0 Å². The normalized spacial score (nSPS) is 11.1. The number of nitrogens with two attached hydrogens (primary N) is 1. The van der Waals surface area contributed by atoms with E-state index < -0.39 is 12.0 Å². The summed E-state index contributed by atoms with van der Waals surface area (Å²) >= 11 is 1.74. The molecule has 1 atom stereocenters. The van der Waals surface area contributed by atoms with Crippen LogP contribution in [0.5, 0.6) is 0 Å². The van der Waals surface area contributed by atoms with E-state index in [1.165, 1.54) is 0 Å². The quantitative estimate of drug-likeness (QED) is 0.454. The number of para-hydroxylation sites is 1. The zero-order chi connectivity index (χ0) is 19.2. The Balaban J connectivity index is 0.000000504. The first kappa shape index (κ1) is 23.3. The Hall–Kier alpha value is -1.73. The van der Waals surface area contributed by atoms with Crippen LogP contribution in [0.4, 0.5) is 5.69 Å². The smallest absolute Gasteiger partial charge is 0.325 e. The van der Waals surface area contributed by atoms with E-state index in [1.807, 2.05) is 25.1 Å². The van der Waals surface area contributed by atoms with Crippen molar-refractivity contribution >= 4 is 29.4 Å². The number of carbonyl (C=O) groups is 2. The molecule has 25 heavy (non-hydrogen) atoms. The Morgan fingerprint density at radius 1 is 1.36 bits per heavy atom. The molecule has 0 aliphatic rings. The molecule has 0 bridgehead atoms. The summed E-state index contributed by atoms with van der Waals surface area (Å²) in [5.74, 6) is 0.764. The van der Waals surface area contributed by atoms with Gasteiger partial charge in [-0.05, 0) is 37.1 Å². The molecule has 0 unspecified atom stereocenters. The summed E-state index contributed by atoms with van der Waals surface area (Å²) < 4.78 is 4.71. The van der Waals surface area contributed by atoms with Crippen LogP contribution in [0.1, 0.15) is 31.9 Å². The fraction of sp³-hybridized carbons (Fsp3) is 0.556. The van der Waals surface area contributed by atoms with E-state index in [0.29, 0.717) is 6.61 Å². The first-order valence-electron chi connectivity index (χ1n) is 8.38. The van der Waals surface area contributed by atoms with Gasteiger partial charge in [0.2, 0.25) is 0 Å². The summed E-state index contributed by atoms with van der Waals surface area (Å²) in [6, 6.07) is 5.43. The molecule has 0 heterocycles. The number of ether oxygens (including phenoxy) is 1. The highest BCUT2D eigenvalue weighted by Gasteiger charge is 2.13. The summed E-state index contributed by atoms with van der Waals surface area (Å²) in [4.78, 5) is 21.2. The SMILES string of the molecule is CCSCCOC(=O)CN.CCc1cccc(C)c1N[C@@H](C)C(=O)O. The maximum absolute atomic E-state index is 10.8. The Morgan fingerprint density at radius 2 is 2.04 bits per heavy atom. The number of nitrogens with one attached hydrogen (secondary N) is 1. The van der Waals surface area contributed by atoms with Gasteiger partial charge in [0.1, 0.15) is 12.6 Å². The first-order chi connectivity index (χ1) is 11.9. The highest BCUT2D eigenvalue weighted by Crippen LogP contribution is 2.21. The van der Waals surface area contributed by atoms with Crippen molar-refractivity contribution in [2.75, 3.05) is 30.0 Å². The maximum atomic E-state index is 10.8. The van der Waals surface area contributed by atoms with Crippen molar-refractivity contribution in [3.63, 3.8) is 0 Å². The molecule has 0 radical (unpaired) electrons. The summed E-state index contributed by atoms with van der Waals surface area (Å²) in [5.41, 5.74) is 8.20. The molecule has 0 saturated carbocycles. The maximum Gasteiger partial charge on any atom is 0.325 e. The van der Waals surface area contributed by atoms with Gasteiger partial charge in [0.15, 0.2) is 0 Å². The van der Waals surface area contributed by atoms with Gasteiger partial charge in [-0.3, -0.25) is 9.59 Å². The van der Waals surface area contributed by atoms with E-state index in [1.54, 1.807) is 18.7 Å². The van der Waals surface area contributed by atoms with Gasteiger partial charge < -0.3 is 20.9 Å². The minimum atomic E-state index is -0.833. The molecule has 1 rings (SSSR count). The number of carboxylic acids is 1. The van der Waals surface area contributed by atoms with Crippen molar-refractivity contribution in [2.24, 2.45) is 5.73 Å². The van der Waals surface area contributed by atoms with Gasteiger partial charge in [-0.25, -0.2) is 0 Å². The van der Waals surface area contributed by atoms with Gasteiger partial charge in [0.05, 0.1) is 6.54 Å². The van der Waals surface area contributed by atoms with E-state index in [-0.39, 0.29) is 12.5 Å². The number of hydrogen-bond donors (Lipinski definition) is 3. The van der Waals surface area contributed by atoms with E-state index in [4.69, 9.17) is 15.6 Å². The minimum absolute atomic E-state index is 0.0171. The number of thioether (sulfide) groups is 1. The van der Waals surface area contributed by atoms with Crippen molar-refractivity contribution < 1.29 is 19.4 Å². The molecule has 4 N–H and O–H groups in total. The molecule has 0 aromatic heterocycles. The molecule has 0 amide bonds. The average molecular weight is 371 g/mol. The standard InChI is InChI=1S/C12H17NO2.C6H13NO2S/c1-4-10-7-5-6-8(2)11(10)13-9(3)12(14)15;1-2-10-4-3-9-6(8)5-7/h5-7,9,13H,4H2,1-3H3,(H,14,15);2-5,7H2,1H3/t9-;/m0./s1. The number of hydrogen-bond acceptors (Lipinski definition) is 6. The van der Waals surface area contributed by atoms with Crippen molar-refractivity contribution in [3.8, 4) is 0 Å². The molecule has 142 valence electrons. The summed E-state index contributed by atoms with van der Waals surface area (Å²) in [5, 5.41) is 11.9. The number of esters is 1. The molecule has 0 fully saturated rings. The van der Waals surface area contributed by atoms with Crippen LogP contribution in [-0.2, 0) is 20.7 Å². The Bertz CT molecular complexity index is 538. The molecule has 0 spiro atoms. The van der Waals surface area contributed by atoms with E-state index >= 15 is 0 Å². The van der Waals surface area contributed by atoms with Crippen LogP contribution in [0.25, 0.3) is 0 Å². The number of carbonyl (C=O) groups excluding carboxylic acids is 1. The van der Waals surface area contributed by atoms with Crippen molar-refractivity contribution in [2.45, 2.75) is 40.2 Å². The lowest BCUT2D eigenvalue weighted by Gasteiger charge is -2.16. The van der Waals surface area contributed by atoms with Crippen LogP contribution in [0.2, 0.25) is 0 Å². The molecule has 1 aromatic carbocycles.